The van der Waals surface area contributed by atoms with Gasteiger partial charge in [-0.15, -0.1) is 0 Å². The predicted octanol–water partition coefficient (Wildman–Crippen LogP) is 0.744. The molecule has 23 heavy (non-hydrogen) atoms. The molecule has 6 nitrogen and oxygen atoms in total. The summed E-state index contributed by atoms with van der Waals surface area (Å²) in [6.07, 6.45) is 3.50. The van der Waals surface area contributed by atoms with E-state index in [1.165, 1.54) is 59.8 Å². The molecule has 0 rings (SSSR count). The Balaban J connectivity index is -0.0000000675. The zero-order chi connectivity index (χ0) is 17.6. The standard InChI is InChI=1S/3C5H8O2.2Al.6H/c3*1-4(6)3-5(2)7;;;;;;;;/h3*3,6H,1-2H3;;;;;;;;/b3*4-3-;;;;;;;;. The van der Waals surface area contributed by atoms with Crippen LogP contribution in [-0.4, -0.2) is 67.4 Å². The lowest BCUT2D eigenvalue weighted by molar-refractivity contribution is -0.113. The number of aliphatic hydroxyl groups excluding tert-OH is 3. The van der Waals surface area contributed by atoms with Gasteiger partial charge in [-0.3, -0.25) is 14.4 Å². The third-order valence-electron chi connectivity index (χ3n) is 1.24. The molecule has 0 aromatic heterocycles. The minimum Gasteiger partial charge on any atom is -0.512 e. The molecule has 0 saturated heterocycles. The number of carbonyl (C=O) groups is 3. The molecule has 0 bridgehead atoms. The first kappa shape index (κ1) is 33.3. The van der Waals surface area contributed by atoms with Gasteiger partial charge in [0.25, 0.3) is 0 Å². The maximum atomic E-state index is 10.0. The molecule has 0 atom stereocenters. The minimum absolute atomic E-state index is 0. The molecule has 0 fully saturated rings. The molecule has 3 N–H and O–H groups in total. The van der Waals surface area contributed by atoms with Crippen LogP contribution < -0.4 is 0 Å². The highest BCUT2D eigenvalue weighted by Gasteiger charge is 1.84. The number of aliphatic hydroxyl groups is 3. The van der Waals surface area contributed by atoms with Crippen LogP contribution in [0.1, 0.15) is 41.5 Å². The van der Waals surface area contributed by atoms with Gasteiger partial charge in [-0.1, -0.05) is 0 Å². The third-order valence-corrected chi connectivity index (χ3v) is 1.24. The first-order valence-corrected chi connectivity index (χ1v) is 6.02. The van der Waals surface area contributed by atoms with Crippen molar-refractivity contribution in [1.82, 2.24) is 0 Å². The smallest absolute Gasteiger partial charge is 0.187 e. The summed E-state index contributed by atoms with van der Waals surface area (Å²) in [5, 5.41) is 25.1. The summed E-state index contributed by atoms with van der Waals surface area (Å²) < 4.78 is 0. The van der Waals surface area contributed by atoms with Crippen LogP contribution in [0.15, 0.2) is 35.5 Å². The average Bonchev–Trinajstić information content (AvgIpc) is 2.10. The lowest BCUT2D eigenvalue weighted by atomic mass is 10.4. The Kier molecular flexibility index (Phi) is 30.0. The molecule has 0 unspecified atom stereocenters. The minimum atomic E-state index is -0.125. The van der Waals surface area contributed by atoms with Crippen molar-refractivity contribution in [3.8, 4) is 0 Å². The highest BCUT2D eigenvalue weighted by atomic mass is 27.0. The molecule has 0 amide bonds. The van der Waals surface area contributed by atoms with Gasteiger partial charge in [-0.05, 0) is 41.5 Å². The second-order valence-corrected chi connectivity index (χ2v) is 4.19. The monoisotopic (exact) mass is 360 g/mol. The number of rotatable bonds is 3. The van der Waals surface area contributed by atoms with Crippen LogP contribution in [0.3, 0.4) is 0 Å². The number of hydrogen-bond donors (Lipinski definition) is 3. The van der Waals surface area contributed by atoms with Gasteiger partial charge in [0.1, 0.15) is 0 Å². The average molecular weight is 360 g/mol. The molecule has 0 aliphatic heterocycles. The molecule has 0 saturated carbocycles. The van der Waals surface area contributed by atoms with E-state index < -0.39 is 0 Å². The molecule has 0 heterocycles. The molecule has 8 heteroatoms. The molecule has 0 spiro atoms. The SMILES string of the molecule is CC(=O)/C=C(/C)O.CC(=O)/C=C(/C)O.CC(=O)/C=C(/C)O.[AlH3].[AlH3]. The van der Waals surface area contributed by atoms with E-state index in [2.05, 4.69) is 0 Å². The molecule has 0 aromatic rings. The molecule has 0 aliphatic carbocycles. The van der Waals surface area contributed by atoms with Crippen LogP contribution in [-0.2, 0) is 14.4 Å². The van der Waals surface area contributed by atoms with Gasteiger partial charge in [-0.2, -0.15) is 0 Å². The van der Waals surface area contributed by atoms with Gasteiger partial charge in [0.15, 0.2) is 52.1 Å². The fraction of sp³-hybridized carbons (Fsp3) is 0.400. The van der Waals surface area contributed by atoms with Crippen molar-refractivity contribution in [2.24, 2.45) is 0 Å². The van der Waals surface area contributed by atoms with Gasteiger partial charge >= 0.3 is 0 Å². The highest BCUT2D eigenvalue weighted by Crippen LogP contribution is 1.83. The molecule has 0 radical (unpaired) electrons. The van der Waals surface area contributed by atoms with E-state index in [0.29, 0.717) is 0 Å². The largest absolute Gasteiger partial charge is 0.512 e. The second kappa shape index (κ2) is 20.7. The summed E-state index contributed by atoms with van der Waals surface area (Å²) in [5.41, 5.74) is 0. The topological polar surface area (TPSA) is 112 Å². The fourth-order valence-electron chi connectivity index (χ4n) is 0.882. The lowest BCUT2D eigenvalue weighted by Crippen LogP contribution is -1.82. The van der Waals surface area contributed by atoms with Crippen molar-refractivity contribution in [3.63, 3.8) is 0 Å². The van der Waals surface area contributed by atoms with Crippen LogP contribution in [0.5, 0.6) is 0 Å². The summed E-state index contributed by atoms with van der Waals surface area (Å²) in [5.74, 6) is -0.187. The Hall–Kier alpha value is -1.31. The maximum absolute atomic E-state index is 10.0. The number of ketones is 3. The van der Waals surface area contributed by atoms with Gasteiger partial charge < -0.3 is 15.3 Å². The maximum Gasteiger partial charge on any atom is 0.187 e. The van der Waals surface area contributed by atoms with E-state index in [-0.39, 0.29) is 69.3 Å². The Labute approximate surface area is 158 Å². The van der Waals surface area contributed by atoms with Gasteiger partial charge in [0, 0.05) is 18.2 Å². The van der Waals surface area contributed by atoms with Gasteiger partial charge in [0.2, 0.25) is 0 Å². The number of allylic oxidation sites excluding steroid dienone is 6. The van der Waals surface area contributed by atoms with Crippen molar-refractivity contribution >= 4 is 52.1 Å². The quantitative estimate of drug-likeness (QED) is 0.389. The van der Waals surface area contributed by atoms with Crippen LogP contribution >= 0.6 is 0 Å². The number of carbonyl (C=O) groups excluding carboxylic acids is 3. The molecular formula is C15H30Al2O6. The van der Waals surface area contributed by atoms with Crippen molar-refractivity contribution in [1.29, 1.82) is 0 Å². The zero-order valence-corrected chi connectivity index (χ0v) is 13.3. The van der Waals surface area contributed by atoms with Crippen molar-refractivity contribution in [2.75, 3.05) is 0 Å². The van der Waals surface area contributed by atoms with Gasteiger partial charge in [-0.25, -0.2) is 0 Å². The normalized spacial score (nSPS) is 10.4. The van der Waals surface area contributed by atoms with E-state index in [1.54, 1.807) is 0 Å². The van der Waals surface area contributed by atoms with Crippen LogP contribution in [0, 0.1) is 0 Å². The van der Waals surface area contributed by atoms with Crippen molar-refractivity contribution in [2.45, 2.75) is 41.5 Å². The van der Waals surface area contributed by atoms with Crippen LogP contribution in [0.2, 0.25) is 0 Å². The van der Waals surface area contributed by atoms with Gasteiger partial charge in [0.05, 0.1) is 17.3 Å². The molecule has 132 valence electrons. The first-order chi connectivity index (χ1) is 9.38. The van der Waals surface area contributed by atoms with E-state index >= 15 is 0 Å². The Bertz CT molecular complexity index is 372. The third kappa shape index (κ3) is 63.2. The fourth-order valence-corrected chi connectivity index (χ4v) is 0.882. The Morgan fingerprint density at radius 3 is 0.652 bits per heavy atom. The number of hydrogen-bond acceptors (Lipinski definition) is 6. The molecule has 0 aromatic carbocycles. The Morgan fingerprint density at radius 1 is 0.522 bits per heavy atom. The summed E-state index contributed by atoms with van der Waals surface area (Å²) in [6.45, 7) is 8.54. The molecular weight excluding hydrogens is 330 g/mol. The first-order valence-electron chi connectivity index (χ1n) is 6.02. The van der Waals surface area contributed by atoms with Crippen molar-refractivity contribution in [3.05, 3.63) is 35.5 Å². The van der Waals surface area contributed by atoms with Crippen molar-refractivity contribution < 1.29 is 29.7 Å². The van der Waals surface area contributed by atoms with E-state index in [4.69, 9.17) is 15.3 Å². The Morgan fingerprint density at radius 2 is 0.652 bits per heavy atom. The predicted molar refractivity (Wildman–Crippen MR) is 101 cm³/mol. The summed E-state index contributed by atoms with van der Waals surface area (Å²) in [7, 11) is 0. The van der Waals surface area contributed by atoms with E-state index in [1.807, 2.05) is 0 Å². The van der Waals surface area contributed by atoms with E-state index in [0.717, 1.165) is 0 Å². The summed E-state index contributed by atoms with van der Waals surface area (Å²) in [6, 6.07) is 0. The summed E-state index contributed by atoms with van der Waals surface area (Å²) in [4.78, 5) is 30.1. The van der Waals surface area contributed by atoms with E-state index in [9.17, 15) is 14.4 Å². The second-order valence-electron chi connectivity index (χ2n) is 4.19. The van der Waals surface area contributed by atoms with Crippen LogP contribution in [0.4, 0.5) is 0 Å². The lowest BCUT2D eigenvalue weighted by Gasteiger charge is -1.80. The zero-order valence-electron chi connectivity index (χ0n) is 13.3. The van der Waals surface area contributed by atoms with Crippen LogP contribution in [0.25, 0.3) is 0 Å². The summed E-state index contributed by atoms with van der Waals surface area (Å²) >= 11 is 0. The highest BCUT2D eigenvalue weighted by molar-refractivity contribution is 5.88. The molecule has 0 aliphatic rings.